The molecule has 0 aliphatic carbocycles. The third kappa shape index (κ3) is 5.54. The van der Waals surface area contributed by atoms with Crippen molar-refractivity contribution in [2.45, 2.75) is 13.5 Å². The summed E-state index contributed by atoms with van der Waals surface area (Å²) in [7, 11) is 4.61. The van der Waals surface area contributed by atoms with E-state index in [0.29, 0.717) is 28.7 Å². The molecule has 0 heterocycles. The minimum Gasteiger partial charge on any atom is -0.496 e. The Hall–Kier alpha value is -3.42. The van der Waals surface area contributed by atoms with Crippen molar-refractivity contribution in [3.63, 3.8) is 0 Å². The Balaban J connectivity index is 1.99. The number of carbonyl (C=O) groups excluding carboxylic acids is 2. The first-order chi connectivity index (χ1) is 13.5. The van der Waals surface area contributed by atoms with Crippen LogP contribution in [-0.4, -0.2) is 39.8 Å². The number of rotatable bonds is 9. The van der Waals surface area contributed by atoms with Crippen LogP contribution in [0.25, 0.3) is 0 Å². The zero-order valence-corrected chi connectivity index (χ0v) is 16.3. The Morgan fingerprint density at radius 2 is 1.54 bits per heavy atom. The van der Waals surface area contributed by atoms with Gasteiger partial charge in [-0.25, -0.2) is 0 Å². The lowest BCUT2D eigenvalue weighted by Crippen LogP contribution is -2.28. The van der Waals surface area contributed by atoms with Gasteiger partial charge in [0.1, 0.15) is 11.5 Å². The molecule has 28 heavy (non-hydrogen) atoms. The van der Waals surface area contributed by atoms with Crippen molar-refractivity contribution in [3.05, 3.63) is 42.0 Å². The maximum absolute atomic E-state index is 12.2. The van der Waals surface area contributed by atoms with Crippen molar-refractivity contribution in [2.24, 2.45) is 0 Å². The van der Waals surface area contributed by atoms with Gasteiger partial charge in [0.25, 0.3) is 5.91 Å². The van der Waals surface area contributed by atoms with Gasteiger partial charge < -0.3 is 29.6 Å². The largest absolute Gasteiger partial charge is 0.496 e. The molecule has 2 amide bonds. The molecule has 0 spiro atoms. The molecule has 150 valence electrons. The summed E-state index contributed by atoms with van der Waals surface area (Å²) in [5.74, 6) is 1.50. The Morgan fingerprint density at radius 1 is 0.893 bits per heavy atom. The summed E-state index contributed by atoms with van der Waals surface area (Å²) in [6, 6.07) is 10.3. The standard InChI is InChI=1S/C20H24N2O6/c1-13(23)22-15-7-5-6-8-16(15)28-12-20(24)21-11-14-9-18(26-3)19(27-4)10-17(14)25-2/h5-10H,11-12H2,1-4H3,(H,21,24)(H,22,23). The molecule has 2 rings (SSSR count). The second kappa shape index (κ2) is 10.1. The van der Waals surface area contributed by atoms with Gasteiger partial charge in [-0.3, -0.25) is 9.59 Å². The monoisotopic (exact) mass is 388 g/mol. The molecule has 2 aromatic rings. The number of ether oxygens (including phenoxy) is 4. The molecule has 0 bridgehead atoms. The molecule has 2 aromatic carbocycles. The number of para-hydroxylation sites is 2. The molecule has 0 saturated carbocycles. The fraction of sp³-hybridized carbons (Fsp3) is 0.300. The molecule has 0 unspecified atom stereocenters. The van der Waals surface area contributed by atoms with E-state index in [4.69, 9.17) is 18.9 Å². The van der Waals surface area contributed by atoms with E-state index in [0.717, 1.165) is 5.56 Å². The van der Waals surface area contributed by atoms with E-state index in [1.807, 2.05) is 0 Å². The lowest BCUT2D eigenvalue weighted by Gasteiger charge is -2.15. The zero-order chi connectivity index (χ0) is 20.5. The Kier molecular flexibility index (Phi) is 7.50. The molecule has 0 aromatic heterocycles. The summed E-state index contributed by atoms with van der Waals surface area (Å²) in [5, 5.41) is 5.42. The van der Waals surface area contributed by atoms with Gasteiger partial charge in [-0.2, -0.15) is 0 Å². The summed E-state index contributed by atoms with van der Waals surface area (Å²) in [5.41, 5.74) is 1.23. The molecule has 0 fully saturated rings. The Bertz CT molecular complexity index is 837. The van der Waals surface area contributed by atoms with Crippen LogP contribution in [0.1, 0.15) is 12.5 Å². The van der Waals surface area contributed by atoms with E-state index in [-0.39, 0.29) is 25.0 Å². The number of hydrogen-bond donors (Lipinski definition) is 2. The molecular formula is C20H24N2O6. The summed E-state index contributed by atoms with van der Waals surface area (Å²) in [6.45, 7) is 1.42. The highest BCUT2D eigenvalue weighted by Gasteiger charge is 2.13. The smallest absolute Gasteiger partial charge is 0.258 e. The predicted molar refractivity (Wildman–Crippen MR) is 104 cm³/mol. The predicted octanol–water partition coefficient (Wildman–Crippen LogP) is 2.37. The Labute approximate surface area is 163 Å². The third-order valence-corrected chi connectivity index (χ3v) is 3.82. The summed E-state index contributed by atoms with van der Waals surface area (Å²) in [4.78, 5) is 23.4. The minimum absolute atomic E-state index is 0.202. The Morgan fingerprint density at radius 3 is 2.18 bits per heavy atom. The molecular weight excluding hydrogens is 364 g/mol. The maximum atomic E-state index is 12.2. The third-order valence-electron chi connectivity index (χ3n) is 3.82. The molecule has 2 N–H and O–H groups in total. The molecule has 0 atom stereocenters. The van der Waals surface area contributed by atoms with Crippen molar-refractivity contribution in [1.82, 2.24) is 5.32 Å². The highest BCUT2D eigenvalue weighted by Crippen LogP contribution is 2.34. The van der Waals surface area contributed by atoms with Crippen LogP contribution in [0.2, 0.25) is 0 Å². The van der Waals surface area contributed by atoms with E-state index in [1.54, 1.807) is 36.4 Å². The number of anilines is 1. The van der Waals surface area contributed by atoms with Crippen LogP contribution >= 0.6 is 0 Å². The lowest BCUT2D eigenvalue weighted by atomic mass is 10.1. The van der Waals surface area contributed by atoms with Crippen molar-refractivity contribution < 1.29 is 28.5 Å². The fourth-order valence-electron chi connectivity index (χ4n) is 2.50. The fourth-order valence-corrected chi connectivity index (χ4v) is 2.50. The molecule has 8 heteroatoms. The van der Waals surface area contributed by atoms with E-state index < -0.39 is 0 Å². The first-order valence-electron chi connectivity index (χ1n) is 8.53. The van der Waals surface area contributed by atoms with Crippen molar-refractivity contribution in [2.75, 3.05) is 33.3 Å². The summed E-state index contributed by atoms with van der Waals surface area (Å²) < 4.78 is 21.4. The quantitative estimate of drug-likeness (QED) is 0.685. The van der Waals surface area contributed by atoms with Gasteiger partial charge in [0, 0.05) is 25.1 Å². The van der Waals surface area contributed by atoms with Crippen LogP contribution in [0.4, 0.5) is 5.69 Å². The van der Waals surface area contributed by atoms with E-state index in [2.05, 4.69) is 10.6 Å². The second-order valence-corrected chi connectivity index (χ2v) is 5.76. The van der Waals surface area contributed by atoms with Crippen molar-refractivity contribution in [3.8, 4) is 23.0 Å². The van der Waals surface area contributed by atoms with Crippen LogP contribution in [0.5, 0.6) is 23.0 Å². The SMILES string of the molecule is COc1cc(OC)c(OC)cc1CNC(=O)COc1ccccc1NC(C)=O. The topological polar surface area (TPSA) is 95.1 Å². The number of nitrogens with one attached hydrogen (secondary N) is 2. The van der Waals surface area contributed by atoms with Gasteiger partial charge >= 0.3 is 0 Å². The van der Waals surface area contributed by atoms with Crippen molar-refractivity contribution in [1.29, 1.82) is 0 Å². The average Bonchev–Trinajstić information content (AvgIpc) is 2.70. The highest BCUT2D eigenvalue weighted by atomic mass is 16.5. The zero-order valence-electron chi connectivity index (χ0n) is 16.3. The molecule has 0 radical (unpaired) electrons. The van der Waals surface area contributed by atoms with Gasteiger partial charge in [-0.05, 0) is 18.2 Å². The van der Waals surface area contributed by atoms with Gasteiger partial charge in [0.05, 0.1) is 27.0 Å². The highest BCUT2D eigenvalue weighted by molar-refractivity contribution is 5.90. The van der Waals surface area contributed by atoms with Gasteiger partial charge in [-0.1, -0.05) is 12.1 Å². The van der Waals surface area contributed by atoms with E-state index >= 15 is 0 Å². The normalized spacial score (nSPS) is 10.0. The van der Waals surface area contributed by atoms with Crippen LogP contribution < -0.4 is 29.6 Å². The lowest BCUT2D eigenvalue weighted by molar-refractivity contribution is -0.123. The number of amides is 2. The van der Waals surface area contributed by atoms with Crippen LogP contribution in [0, 0.1) is 0 Å². The average molecular weight is 388 g/mol. The number of carbonyl (C=O) groups is 2. The first kappa shape index (κ1) is 20.9. The number of methoxy groups -OCH3 is 3. The molecule has 0 saturated heterocycles. The van der Waals surface area contributed by atoms with Crippen LogP contribution in [-0.2, 0) is 16.1 Å². The van der Waals surface area contributed by atoms with E-state index in [9.17, 15) is 9.59 Å². The molecule has 0 aliphatic rings. The first-order valence-corrected chi connectivity index (χ1v) is 8.53. The number of hydrogen-bond acceptors (Lipinski definition) is 6. The van der Waals surface area contributed by atoms with Gasteiger partial charge in [0.15, 0.2) is 18.1 Å². The number of benzene rings is 2. The second-order valence-electron chi connectivity index (χ2n) is 5.76. The maximum Gasteiger partial charge on any atom is 0.258 e. The van der Waals surface area contributed by atoms with Crippen molar-refractivity contribution >= 4 is 17.5 Å². The molecule has 8 nitrogen and oxygen atoms in total. The summed E-state index contributed by atoms with van der Waals surface area (Å²) in [6.07, 6.45) is 0. The van der Waals surface area contributed by atoms with Gasteiger partial charge in [0.2, 0.25) is 5.91 Å². The minimum atomic E-state index is -0.325. The van der Waals surface area contributed by atoms with Gasteiger partial charge in [-0.15, -0.1) is 0 Å². The summed E-state index contributed by atoms with van der Waals surface area (Å²) >= 11 is 0. The molecule has 0 aliphatic heterocycles. The van der Waals surface area contributed by atoms with Crippen LogP contribution in [0.15, 0.2) is 36.4 Å². The van der Waals surface area contributed by atoms with E-state index in [1.165, 1.54) is 28.3 Å². The van der Waals surface area contributed by atoms with Crippen LogP contribution in [0.3, 0.4) is 0 Å².